The van der Waals surface area contributed by atoms with Gasteiger partial charge in [-0.15, -0.1) is 0 Å². The maximum atomic E-state index is 13.2. The molecule has 0 aliphatic rings. The molecular formula is C13H18FNO2. The average molecular weight is 239 g/mol. The summed E-state index contributed by atoms with van der Waals surface area (Å²) < 4.78 is 13.2. The van der Waals surface area contributed by atoms with Gasteiger partial charge < -0.3 is 10.4 Å². The van der Waals surface area contributed by atoms with Crippen LogP contribution in [0.5, 0.6) is 0 Å². The maximum absolute atomic E-state index is 13.2. The van der Waals surface area contributed by atoms with Gasteiger partial charge in [-0.2, -0.15) is 0 Å². The highest BCUT2D eigenvalue weighted by atomic mass is 19.1. The number of benzene rings is 1. The van der Waals surface area contributed by atoms with E-state index in [4.69, 9.17) is 0 Å². The average Bonchev–Trinajstić information content (AvgIpc) is 2.30. The van der Waals surface area contributed by atoms with Gasteiger partial charge in [0.1, 0.15) is 5.82 Å². The van der Waals surface area contributed by atoms with Crippen LogP contribution in [0.25, 0.3) is 0 Å². The van der Waals surface area contributed by atoms with Gasteiger partial charge in [0.2, 0.25) is 5.91 Å². The summed E-state index contributed by atoms with van der Waals surface area (Å²) in [5, 5.41) is 12.0. The molecule has 0 bridgehead atoms. The summed E-state index contributed by atoms with van der Waals surface area (Å²) in [5.74, 6) is -0.651. The van der Waals surface area contributed by atoms with E-state index in [2.05, 4.69) is 5.32 Å². The molecule has 0 heterocycles. The second-order valence-electron chi connectivity index (χ2n) is 4.01. The van der Waals surface area contributed by atoms with Gasteiger partial charge in [-0.3, -0.25) is 4.79 Å². The first-order chi connectivity index (χ1) is 8.13. The van der Waals surface area contributed by atoms with Crippen LogP contribution >= 0.6 is 0 Å². The predicted molar refractivity (Wildman–Crippen MR) is 64.0 cm³/mol. The van der Waals surface area contributed by atoms with Crippen LogP contribution in [0, 0.1) is 5.82 Å². The second kappa shape index (κ2) is 7.01. The minimum absolute atomic E-state index is 0.00547. The molecule has 1 aromatic rings. The molecule has 0 aliphatic heterocycles. The van der Waals surface area contributed by atoms with E-state index in [1.54, 1.807) is 18.2 Å². The van der Waals surface area contributed by atoms with Crippen LogP contribution < -0.4 is 5.32 Å². The number of rotatable bonds is 6. The molecule has 0 saturated carbocycles. The lowest BCUT2D eigenvalue weighted by atomic mass is 10.1. The third-order valence-electron chi connectivity index (χ3n) is 2.47. The molecule has 0 saturated heterocycles. The van der Waals surface area contributed by atoms with Gasteiger partial charge in [0, 0.05) is 6.54 Å². The van der Waals surface area contributed by atoms with Crippen molar-refractivity contribution in [1.29, 1.82) is 0 Å². The van der Waals surface area contributed by atoms with Gasteiger partial charge in [-0.1, -0.05) is 31.5 Å². The van der Waals surface area contributed by atoms with Gasteiger partial charge in [0.05, 0.1) is 12.5 Å². The molecule has 17 heavy (non-hydrogen) atoms. The molecule has 1 amide bonds. The predicted octanol–water partition coefficient (Wildman–Crippen LogP) is 1.65. The summed E-state index contributed by atoms with van der Waals surface area (Å²) in [6, 6.07) is 6.19. The summed E-state index contributed by atoms with van der Waals surface area (Å²) in [5.41, 5.74) is 0.370. The lowest BCUT2D eigenvalue weighted by molar-refractivity contribution is -0.120. The molecule has 0 aromatic heterocycles. The molecule has 4 heteroatoms. The number of halogens is 1. The smallest absolute Gasteiger partial charge is 0.224 e. The normalized spacial score (nSPS) is 12.2. The highest BCUT2D eigenvalue weighted by Crippen LogP contribution is 2.06. The summed E-state index contributed by atoms with van der Waals surface area (Å²) in [4.78, 5) is 11.5. The van der Waals surface area contributed by atoms with Crippen LogP contribution in [-0.2, 0) is 11.2 Å². The van der Waals surface area contributed by atoms with Crippen LogP contribution in [0.2, 0.25) is 0 Å². The number of hydrogen-bond donors (Lipinski definition) is 2. The van der Waals surface area contributed by atoms with Gasteiger partial charge in [0.25, 0.3) is 0 Å². The van der Waals surface area contributed by atoms with Crippen molar-refractivity contribution in [3.8, 4) is 0 Å². The Hall–Kier alpha value is -1.42. The number of carbonyl (C=O) groups is 1. The molecule has 1 aromatic carbocycles. The third-order valence-corrected chi connectivity index (χ3v) is 2.47. The standard InChI is InChI=1S/C13H18FNO2/c1-2-5-11(16)9-15-13(17)8-10-6-3-4-7-12(10)14/h3-4,6-7,11,16H,2,5,8-9H2,1H3,(H,15,17). The fourth-order valence-electron chi connectivity index (χ4n) is 1.54. The minimum atomic E-state index is -0.524. The maximum Gasteiger partial charge on any atom is 0.224 e. The van der Waals surface area contributed by atoms with Crippen LogP contribution in [-0.4, -0.2) is 23.7 Å². The first-order valence-electron chi connectivity index (χ1n) is 5.81. The van der Waals surface area contributed by atoms with E-state index in [-0.39, 0.29) is 24.7 Å². The quantitative estimate of drug-likeness (QED) is 0.793. The third kappa shape index (κ3) is 4.95. The van der Waals surface area contributed by atoms with Gasteiger partial charge in [-0.25, -0.2) is 4.39 Å². The Kier molecular flexibility index (Phi) is 5.63. The molecule has 3 nitrogen and oxygen atoms in total. The molecule has 0 radical (unpaired) electrons. The number of amides is 1. The zero-order valence-electron chi connectivity index (χ0n) is 9.95. The first-order valence-corrected chi connectivity index (χ1v) is 5.81. The van der Waals surface area contributed by atoms with E-state index in [1.807, 2.05) is 6.92 Å². The van der Waals surface area contributed by atoms with Crippen molar-refractivity contribution in [2.45, 2.75) is 32.3 Å². The van der Waals surface area contributed by atoms with Crippen molar-refractivity contribution in [1.82, 2.24) is 5.32 Å². The van der Waals surface area contributed by atoms with Crippen molar-refractivity contribution in [2.24, 2.45) is 0 Å². The van der Waals surface area contributed by atoms with Crippen LogP contribution in [0.3, 0.4) is 0 Å². The number of carbonyl (C=O) groups excluding carboxylic acids is 1. The fourth-order valence-corrected chi connectivity index (χ4v) is 1.54. The second-order valence-corrected chi connectivity index (χ2v) is 4.01. The Morgan fingerprint density at radius 1 is 1.47 bits per heavy atom. The summed E-state index contributed by atoms with van der Waals surface area (Å²) in [6.07, 6.45) is 1.00. The molecule has 1 unspecified atom stereocenters. The lowest BCUT2D eigenvalue weighted by Crippen LogP contribution is -2.33. The van der Waals surface area contributed by atoms with E-state index in [1.165, 1.54) is 6.07 Å². The fraction of sp³-hybridized carbons (Fsp3) is 0.462. The minimum Gasteiger partial charge on any atom is -0.391 e. The van der Waals surface area contributed by atoms with Crippen molar-refractivity contribution < 1.29 is 14.3 Å². The Balaban J connectivity index is 2.37. The highest BCUT2D eigenvalue weighted by molar-refractivity contribution is 5.78. The molecule has 1 rings (SSSR count). The van der Waals surface area contributed by atoms with Gasteiger partial charge in [0.15, 0.2) is 0 Å². The molecule has 2 N–H and O–H groups in total. The lowest BCUT2D eigenvalue weighted by Gasteiger charge is -2.10. The van der Waals surface area contributed by atoms with Gasteiger partial charge >= 0.3 is 0 Å². The number of aliphatic hydroxyl groups is 1. The molecule has 0 fully saturated rings. The number of nitrogens with one attached hydrogen (secondary N) is 1. The van der Waals surface area contributed by atoms with Crippen molar-refractivity contribution in [2.75, 3.05) is 6.54 Å². The van der Waals surface area contributed by atoms with Crippen LogP contribution in [0.1, 0.15) is 25.3 Å². The number of hydrogen-bond acceptors (Lipinski definition) is 2. The van der Waals surface area contributed by atoms with Crippen molar-refractivity contribution >= 4 is 5.91 Å². The molecule has 1 atom stereocenters. The first kappa shape index (κ1) is 13.6. The Morgan fingerprint density at radius 3 is 2.82 bits per heavy atom. The summed E-state index contributed by atoms with van der Waals surface area (Å²) in [6.45, 7) is 2.19. The van der Waals surface area contributed by atoms with E-state index in [0.717, 1.165) is 6.42 Å². The van der Waals surface area contributed by atoms with Crippen molar-refractivity contribution in [3.63, 3.8) is 0 Å². The molecule has 94 valence electrons. The monoisotopic (exact) mass is 239 g/mol. The van der Waals surface area contributed by atoms with Crippen LogP contribution in [0.15, 0.2) is 24.3 Å². The largest absolute Gasteiger partial charge is 0.391 e. The van der Waals surface area contributed by atoms with E-state index >= 15 is 0 Å². The van der Waals surface area contributed by atoms with E-state index in [0.29, 0.717) is 12.0 Å². The van der Waals surface area contributed by atoms with E-state index < -0.39 is 6.10 Å². The van der Waals surface area contributed by atoms with Gasteiger partial charge in [-0.05, 0) is 18.1 Å². The molecular weight excluding hydrogens is 221 g/mol. The Morgan fingerprint density at radius 2 is 2.18 bits per heavy atom. The summed E-state index contributed by atoms with van der Waals surface area (Å²) >= 11 is 0. The Bertz CT molecular complexity index is 368. The topological polar surface area (TPSA) is 49.3 Å². The van der Waals surface area contributed by atoms with Crippen molar-refractivity contribution in [3.05, 3.63) is 35.6 Å². The summed E-state index contributed by atoms with van der Waals surface area (Å²) in [7, 11) is 0. The molecule has 0 aliphatic carbocycles. The Labute approximate surface area is 101 Å². The number of aliphatic hydroxyl groups excluding tert-OH is 1. The van der Waals surface area contributed by atoms with Crippen LogP contribution in [0.4, 0.5) is 4.39 Å². The molecule has 0 spiro atoms. The SMILES string of the molecule is CCCC(O)CNC(=O)Cc1ccccc1F. The highest BCUT2D eigenvalue weighted by Gasteiger charge is 2.09. The van der Waals surface area contributed by atoms with E-state index in [9.17, 15) is 14.3 Å². The zero-order chi connectivity index (χ0) is 12.7. The zero-order valence-corrected chi connectivity index (χ0v) is 9.95.